The molecule has 1 heterocycles. The molecule has 4 nitrogen and oxygen atoms in total. The number of nitrogens with one attached hydrogen (secondary N) is 1. The minimum Gasteiger partial charge on any atom is -0.380 e. The Bertz CT molecular complexity index is 480. The van der Waals surface area contributed by atoms with Gasteiger partial charge in [0, 0.05) is 37.5 Å². The SMILES string of the molecule is COC1CCN(c2ccc(C(=O)NC3CCCC3)cc2)C1. The van der Waals surface area contributed by atoms with Crippen molar-refractivity contribution in [2.75, 3.05) is 25.1 Å². The quantitative estimate of drug-likeness (QED) is 0.926. The largest absolute Gasteiger partial charge is 0.380 e. The van der Waals surface area contributed by atoms with Gasteiger partial charge in [-0.3, -0.25) is 4.79 Å². The van der Waals surface area contributed by atoms with Crippen LogP contribution in [0.1, 0.15) is 42.5 Å². The average molecular weight is 288 g/mol. The lowest BCUT2D eigenvalue weighted by Crippen LogP contribution is -2.32. The van der Waals surface area contributed by atoms with E-state index in [4.69, 9.17) is 4.74 Å². The van der Waals surface area contributed by atoms with Gasteiger partial charge in [-0.1, -0.05) is 12.8 Å². The number of amides is 1. The number of carbonyl (C=O) groups is 1. The Balaban J connectivity index is 1.59. The van der Waals surface area contributed by atoms with Crippen molar-refractivity contribution in [1.29, 1.82) is 0 Å². The molecule has 1 aromatic carbocycles. The molecule has 4 heteroatoms. The number of rotatable bonds is 4. The highest BCUT2D eigenvalue weighted by Gasteiger charge is 2.22. The molecule has 1 N–H and O–H groups in total. The zero-order chi connectivity index (χ0) is 14.7. The van der Waals surface area contributed by atoms with Gasteiger partial charge < -0.3 is 15.0 Å². The Labute approximate surface area is 126 Å². The normalized spacial score (nSPS) is 22.7. The first-order valence-corrected chi connectivity index (χ1v) is 7.95. The number of anilines is 1. The lowest BCUT2D eigenvalue weighted by atomic mass is 10.1. The van der Waals surface area contributed by atoms with E-state index in [2.05, 4.69) is 10.2 Å². The molecule has 1 aliphatic carbocycles. The van der Waals surface area contributed by atoms with Crippen molar-refractivity contribution in [3.05, 3.63) is 29.8 Å². The molecule has 0 aromatic heterocycles. The highest BCUT2D eigenvalue weighted by molar-refractivity contribution is 5.94. The average Bonchev–Trinajstić information content (AvgIpc) is 3.18. The van der Waals surface area contributed by atoms with Crippen molar-refractivity contribution in [2.45, 2.75) is 44.2 Å². The van der Waals surface area contributed by atoms with Gasteiger partial charge in [-0.15, -0.1) is 0 Å². The third-order valence-electron chi connectivity index (χ3n) is 4.66. The predicted octanol–water partition coefficient (Wildman–Crippen LogP) is 2.58. The lowest BCUT2D eigenvalue weighted by molar-refractivity contribution is 0.0938. The van der Waals surface area contributed by atoms with E-state index in [1.807, 2.05) is 24.3 Å². The van der Waals surface area contributed by atoms with E-state index < -0.39 is 0 Å². The monoisotopic (exact) mass is 288 g/mol. The second-order valence-electron chi connectivity index (χ2n) is 6.09. The number of methoxy groups -OCH3 is 1. The van der Waals surface area contributed by atoms with Crippen molar-refractivity contribution in [2.24, 2.45) is 0 Å². The molecule has 2 aliphatic rings. The van der Waals surface area contributed by atoms with Crippen LogP contribution in [0.3, 0.4) is 0 Å². The fraction of sp³-hybridized carbons (Fsp3) is 0.588. The van der Waals surface area contributed by atoms with Crippen LogP contribution >= 0.6 is 0 Å². The molecule has 1 aromatic rings. The maximum atomic E-state index is 12.2. The Morgan fingerprint density at radius 3 is 2.52 bits per heavy atom. The van der Waals surface area contributed by atoms with Crippen LogP contribution < -0.4 is 10.2 Å². The third-order valence-corrected chi connectivity index (χ3v) is 4.66. The molecule has 2 fully saturated rings. The minimum atomic E-state index is 0.0599. The minimum absolute atomic E-state index is 0.0599. The van der Waals surface area contributed by atoms with Crippen LogP contribution in [0.15, 0.2) is 24.3 Å². The summed E-state index contributed by atoms with van der Waals surface area (Å²) in [4.78, 5) is 14.5. The van der Waals surface area contributed by atoms with Crippen LogP contribution in [-0.4, -0.2) is 38.3 Å². The van der Waals surface area contributed by atoms with Crippen LogP contribution in [0, 0.1) is 0 Å². The third kappa shape index (κ3) is 3.38. The fourth-order valence-corrected chi connectivity index (χ4v) is 3.32. The van der Waals surface area contributed by atoms with Crippen LogP contribution in [0.4, 0.5) is 5.69 Å². The molecule has 1 saturated heterocycles. The predicted molar refractivity (Wildman–Crippen MR) is 83.8 cm³/mol. The van der Waals surface area contributed by atoms with Crippen LogP contribution in [0.25, 0.3) is 0 Å². The van der Waals surface area contributed by atoms with Crippen molar-refractivity contribution in [1.82, 2.24) is 5.32 Å². The highest BCUT2D eigenvalue weighted by Crippen LogP contribution is 2.22. The van der Waals surface area contributed by atoms with Gasteiger partial charge in [0.25, 0.3) is 5.91 Å². The summed E-state index contributed by atoms with van der Waals surface area (Å²) < 4.78 is 5.39. The van der Waals surface area contributed by atoms with Gasteiger partial charge in [0.05, 0.1) is 6.10 Å². The smallest absolute Gasteiger partial charge is 0.251 e. The summed E-state index contributed by atoms with van der Waals surface area (Å²) in [5.74, 6) is 0.0599. The molecular weight excluding hydrogens is 264 g/mol. The van der Waals surface area contributed by atoms with E-state index in [1.165, 1.54) is 18.5 Å². The summed E-state index contributed by atoms with van der Waals surface area (Å²) in [5, 5.41) is 3.13. The van der Waals surface area contributed by atoms with E-state index in [0.29, 0.717) is 12.1 Å². The molecule has 1 aliphatic heterocycles. The molecule has 0 radical (unpaired) electrons. The number of hydrogen-bond donors (Lipinski definition) is 1. The van der Waals surface area contributed by atoms with E-state index >= 15 is 0 Å². The summed E-state index contributed by atoms with van der Waals surface area (Å²) in [5.41, 5.74) is 1.93. The first-order chi connectivity index (χ1) is 10.3. The fourth-order valence-electron chi connectivity index (χ4n) is 3.32. The van der Waals surface area contributed by atoms with Gasteiger partial charge in [0.2, 0.25) is 0 Å². The van der Waals surface area contributed by atoms with Gasteiger partial charge in [0.1, 0.15) is 0 Å². The second kappa shape index (κ2) is 6.48. The standard InChI is InChI=1S/C17H24N2O2/c1-21-16-10-11-19(12-16)15-8-6-13(7-9-15)17(20)18-14-4-2-3-5-14/h6-9,14,16H,2-5,10-12H2,1H3,(H,18,20). The first-order valence-electron chi connectivity index (χ1n) is 7.95. The molecule has 1 unspecified atom stereocenters. The Kier molecular flexibility index (Phi) is 4.44. The maximum Gasteiger partial charge on any atom is 0.251 e. The lowest BCUT2D eigenvalue weighted by Gasteiger charge is -2.19. The molecule has 1 amide bonds. The number of benzene rings is 1. The molecule has 0 bridgehead atoms. The van der Waals surface area contributed by atoms with Crippen molar-refractivity contribution >= 4 is 11.6 Å². The van der Waals surface area contributed by atoms with E-state index in [1.54, 1.807) is 7.11 Å². The van der Waals surface area contributed by atoms with Crippen LogP contribution in [0.2, 0.25) is 0 Å². The summed E-state index contributed by atoms with van der Waals surface area (Å²) >= 11 is 0. The number of nitrogens with zero attached hydrogens (tertiary/aromatic N) is 1. The summed E-state index contributed by atoms with van der Waals surface area (Å²) in [6.45, 7) is 1.95. The molecule has 1 atom stereocenters. The number of carbonyl (C=O) groups excluding carboxylic acids is 1. The van der Waals surface area contributed by atoms with Gasteiger partial charge in [0.15, 0.2) is 0 Å². The number of ether oxygens (including phenoxy) is 1. The second-order valence-corrected chi connectivity index (χ2v) is 6.09. The van der Waals surface area contributed by atoms with Crippen molar-refractivity contribution in [3.8, 4) is 0 Å². The van der Waals surface area contributed by atoms with Gasteiger partial charge in [-0.2, -0.15) is 0 Å². The highest BCUT2D eigenvalue weighted by atomic mass is 16.5. The molecule has 114 valence electrons. The van der Waals surface area contributed by atoms with E-state index in [9.17, 15) is 4.79 Å². The summed E-state index contributed by atoms with van der Waals surface area (Å²) in [6, 6.07) is 8.32. The Morgan fingerprint density at radius 1 is 1.19 bits per heavy atom. The molecule has 1 saturated carbocycles. The Morgan fingerprint density at radius 2 is 1.90 bits per heavy atom. The molecule has 21 heavy (non-hydrogen) atoms. The summed E-state index contributed by atoms with van der Waals surface area (Å²) in [6.07, 6.45) is 6.11. The zero-order valence-electron chi connectivity index (χ0n) is 12.7. The maximum absolute atomic E-state index is 12.2. The van der Waals surface area contributed by atoms with E-state index in [0.717, 1.165) is 37.9 Å². The summed E-state index contributed by atoms with van der Waals surface area (Å²) in [7, 11) is 1.77. The van der Waals surface area contributed by atoms with Crippen molar-refractivity contribution < 1.29 is 9.53 Å². The Hall–Kier alpha value is -1.55. The van der Waals surface area contributed by atoms with Gasteiger partial charge in [-0.25, -0.2) is 0 Å². The number of hydrogen-bond acceptors (Lipinski definition) is 3. The van der Waals surface area contributed by atoms with Gasteiger partial charge >= 0.3 is 0 Å². The first kappa shape index (κ1) is 14.4. The molecule has 0 spiro atoms. The van der Waals surface area contributed by atoms with E-state index in [-0.39, 0.29) is 5.91 Å². The van der Waals surface area contributed by atoms with Gasteiger partial charge in [-0.05, 0) is 43.5 Å². The molecular formula is C17H24N2O2. The molecule has 3 rings (SSSR count). The van der Waals surface area contributed by atoms with Crippen LogP contribution in [-0.2, 0) is 4.74 Å². The zero-order valence-corrected chi connectivity index (χ0v) is 12.7. The van der Waals surface area contributed by atoms with Crippen molar-refractivity contribution in [3.63, 3.8) is 0 Å². The van der Waals surface area contributed by atoms with Crippen LogP contribution in [0.5, 0.6) is 0 Å². The topological polar surface area (TPSA) is 41.6 Å².